The lowest BCUT2D eigenvalue weighted by Crippen LogP contribution is -2.45. The molecule has 344 valence electrons. The highest BCUT2D eigenvalue weighted by Crippen LogP contribution is 2.43. The number of phosphoric acid groups is 1. The van der Waals surface area contributed by atoms with Gasteiger partial charge >= 0.3 is 7.82 Å². The minimum absolute atomic E-state index is 0.0585. The maximum absolute atomic E-state index is 12.9. The Hall–Kier alpha value is -1.02. The molecule has 0 heterocycles. The van der Waals surface area contributed by atoms with Crippen molar-refractivity contribution in [2.45, 2.75) is 244 Å². The van der Waals surface area contributed by atoms with Crippen LogP contribution in [0.2, 0.25) is 0 Å². The number of quaternary nitrogens is 1. The van der Waals surface area contributed by atoms with E-state index in [0.29, 0.717) is 17.4 Å². The van der Waals surface area contributed by atoms with Crippen LogP contribution >= 0.6 is 7.82 Å². The van der Waals surface area contributed by atoms with Gasteiger partial charge < -0.3 is 19.8 Å². The monoisotopic (exact) mass is 842 g/mol. The summed E-state index contributed by atoms with van der Waals surface area (Å²) in [6, 6.07) is -0.858. The second-order valence-corrected chi connectivity index (χ2v) is 19.6. The molecule has 9 heteroatoms. The molecule has 0 fully saturated rings. The van der Waals surface area contributed by atoms with Crippen LogP contribution in [-0.4, -0.2) is 73.4 Å². The molecule has 0 aliphatic rings. The predicted octanol–water partition coefficient (Wildman–Crippen LogP) is 14.1. The first-order valence-electron chi connectivity index (χ1n) is 24.7. The van der Waals surface area contributed by atoms with Gasteiger partial charge in [0.25, 0.3) is 0 Å². The maximum atomic E-state index is 12.9. The number of nitrogens with one attached hydrogen (secondary N) is 1. The van der Waals surface area contributed by atoms with Crippen LogP contribution < -0.4 is 5.32 Å². The molecule has 0 aromatic carbocycles. The predicted molar refractivity (Wildman–Crippen MR) is 249 cm³/mol. The third-order valence-corrected chi connectivity index (χ3v) is 12.2. The molecule has 3 atom stereocenters. The number of likely N-dealkylation sites (N-methyl/N-ethyl adjacent to an activating group) is 1. The van der Waals surface area contributed by atoms with Crippen LogP contribution in [0.25, 0.3) is 0 Å². The highest BCUT2D eigenvalue weighted by atomic mass is 31.2. The summed E-state index contributed by atoms with van der Waals surface area (Å²) < 4.78 is 23.6. The molecule has 1 amide bonds. The van der Waals surface area contributed by atoms with Crippen LogP contribution in [0.15, 0.2) is 24.3 Å². The van der Waals surface area contributed by atoms with E-state index in [0.717, 1.165) is 38.5 Å². The lowest BCUT2D eigenvalue weighted by molar-refractivity contribution is -0.870. The Morgan fingerprint density at radius 2 is 0.948 bits per heavy atom. The number of carbonyl (C=O) groups is 1. The zero-order valence-electron chi connectivity index (χ0n) is 39.0. The summed E-state index contributed by atoms with van der Waals surface area (Å²) in [5, 5.41) is 13.9. The number of carbonyl (C=O) groups excluding carboxylic acids is 1. The summed E-state index contributed by atoms with van der Waals surface area (Å²) >= 11 is 0. The molecule has 8 nitrogen and oxygen atoms in total. The molecule has 0 saturated carbocycles. The van der Waals surface area contributed by atoms with E-state index in [-0.39, 0.29) is 19.1 Å². The topological polar surface area (TPSA) is 105 Å². The third kappa shape index (κ3) is 43.1. The van der Waals surface area contributed by atoms with Crippen LogP contribution in [0.1, 0.15) is 232 Å². The van der Waals surface area contributed by atoms with E-state index in [9.17, 15) is 19.4 Å². The average Bonchev–Trinajstić information content (AvgIpc) is 3.17. The maximum Gasteiger partial charge on any atom is 0.472 e. The minimum Gasteiger partial charge on any atom is -0.387 e. The number of hydrogen-bond donors (Lipinski definition) is 3. The van der Waals surface area contributed by atoms with Crippen LogP contribution in [0.4, 0.5) is 0 Å². The Kier molecular flexibility index (Phi) is 40.6. The van der Waals surface area contributed by atoms with E-state index in [1.807, 2.05) is 27.2 Å². The Morgan fingerprint density at radius 1 is 0.569 bits per heavy atom. The van der Waals surface area contributed by atoms with Crippen molar-refractivity contribution < 1.29 is 32.9 Å². The first kappa shape index (κ1) is 57.0. The number of allylic oxidation sites excluding steroid dienone is 3. The SMILES string of the molecule is CCCCCCCCCCCCCCCC/C=C/CC/C=C/C(O)C(COP(=O)(O)OCC[N+](C)(C)C)NC(=O)CCCCCCCCCCCCCCCCCC. The number of unbranched alkanes of at least 4 members (excludes halogenated alkanes) is 30. The van der Waals surface area contributed by atoms with Crippen molar-refractivity contribution in [2.75, 3.05) is 40.9 Å². The molecule has 0 saturated heterocycles. The molecule has 0 aromatic rings. The summed E-state index contributed by atoms with van der Waals surface area (Å²) in [6.07, 6.45) is 49.7. The third-order valence-electron chi connectivity index (χ3n) is 11.2. The fourth-order valence-corrected chi connectivity index (χ4v) is 7.97. The van der Waals surface area contributed by atoms with Crippen molar-refractivity contribution >= 4 is 13.7 Å². The van der Waals surface area contributed by atoms with Gasteiger partial charge in [0, 0.05) is 6.42 Å². The number of aliphatic hydroxyl groups excluding tert-OH is 1. The normalized spacial score (nSPS) is 14.4. The van der Waals surface area contributed by atoms with Crippen molar-refractivity contribution in [1.82, 2.24) is 5.32 Å². The molecule has 3 unspecified atom stereocenters. The van der Waals surface area contributed by atoms with Gasteiger partial charge in [0.2, 0.25) is 5.91 Å². The Bertz CT molecular complexity index is 1000. The number of hydrogen-bond acceptors (Lipinski definition) is 5. The Balaban J connectivity index is 4.37. The Morgan fingerprint density at radius 3 is 1.38 bits per heavy atom. The molecule has 0 aliphatic heterocycles. The number of phosphoric ester groups is 1. The molecule has 3 N–H and O–H groups in total. The number of amides is 1. The van der Waals surface area contributed by atoms with E-state index >= 15 is 0 Å². The van der Waals surface area contributed by atoms with E-state index < -0.39 is 20.0 Å². The van der Waals surface area contributed by atoms with Gasteiger partial charge in [-0.15, -0.1) is 0 Å². The van der Waals surface area contributed by atoms with Gasteiger partial charge in [0.05, 0.1) is 39.9 Å². The van der Waals surface area contributed by atoms with Crippen molar-refractivity contribution in [3.8, 4) is 0 Å². The van der Waals surface area contributed by atoms with E-state index in [1.165, 1.54) is 173 Å². The van der Waals surface area contributed by atoms with Gasteiger partial charge in [-0.2, -0.15) is 0 Å². The van der Waals surface area contributed by atoms with Gasteiger partial charge in [-0.25, -0.2) is 4.57 Å². The molecule has 58 heavy (non-hydrogen) atoms. The summed E-state index contributed by atoms with van der Waals surface area (Å²) in [7, 11) is 1.56. The number of rotatable bonds is 45. The average molecular weight is 842 g/mol. The van der Waals surface area contributed by atoms with Gasteiger partial charge in [-0.05, 0) is 32.1 Å². The van der Waals surface area contributed by atoms with Gasteiger partial charge in [-0.1, -0.05) is 218 Å². The van der Waals surface area contributed by atoms with Crippen molar-refractivity contribution in [1.29, 1.82) is 0 Å². The molecule has 0 rings (SSSR count). The molecular weight excluding hydrogens is 744 g/mol. The number of aliphatic hydroxyl groups is 1. The highest BCUT2D eigenvalue weighted by molar-refractivity contribution is 7.47. The zero-order chi connectivity index (χ0) is 42.8. The van der Waals surface area contributed by atoms with Gasteiger partial charge in [0.1, 0.15) is 13.2 Å². The fourth-order valence-electron chi connectivity index (χ4n) is 7.23. The molecule has 0 bridgehead atoms. The van der Waals surface area contributed by atoms with E-state index in [2.05, 4.69) is 31.3 Å². The first-order valence-corrected chi connectivity index (χ1v) is 26.2. The second-order valence-electron chi connectivity index (χ2n) is 18.2. The van der Waals surface area contributed by atoms with E-state index in [4.69, 9.17) is 9.05 Å². The standard InChI is InChI=1S/C49H97N2O6P/c1-6-8-10-12-14-16-18-20-22-24-25-26-27-28-30-32-34-36-38-40-42-48(52)47(46-57-58(54,55)56-45-44-51(3,4)5)50-49(53)43-41-39-37-35-33-31-29-23-21-19-17-15-13-11-9-7-2/h32,34,40,42,47-48,52H,6-31,33,35-39,41,43-46H2,1-5H3,(H-,50,53,54,55)/p+1/b34-32+,42-40+. The molecule has 0 aromatic heterocycles. The molecule has 0 spiro atoms. The summed E-state index contributed by atoms with van der Waals surface area (Å²) in [6.45, 7) is 4.82. The molecule has 0 radical (unpaired) electrons. The quantitative estimate of drug-likeness (QED) is 0.0244. The summed E-state index contributed by atoms with van der Waals surface area (Å²) in [4.78, 5) is 23.2. The van der Waals surface area contributed by atoms with Crippen LogP contribution in [-0.2, 0) is 18.4 Å². The minimum atomic E-state index is -4.34. The summed E-state index contributed by atoms with van der Waals surface area (Å²) in [5.74, 6) is -0.184. The smallest absolute Gasteiger partial charge is 0.387 e. The van der Waals surface area contributed by atoms with Crippen molar-refractivity contribution in [3.63, 3.8) is 0 Å². The molecular formula is C49H98N2O6P+. The fraction of sp³-hybridized carbons (Fsp3) is 0.898. The second kappa shape index (κ2) is 41.3. The largest absolute Gasteiger partial charge is 0.472 e. The Labute approximate surface area is 360 Å². The lowest BCUT2D eigenvalue weighted by Gasteiger charge is -2.25. The molecule has 0 aliphatic carbocycles. The van der Waals surface area contributed by atoms with Crippen LogP contribution in [0.3, 0.4) is 0 Å². The van der Waals surface area contributed by atoms with E-state index in [1.54, 1.807) is 6.08 Å². The van der Waals surface area contributed by atoms with Gasteiger partial charge in [0.15, 0.2) is 0 Å². The number of nitrogens with zero attached hydrogens (tertiary/aromatic N) is 1. The highest BCUT2D eigenvalue weighted by Gasteiger charge is 2.27. The van der Waals surface area contributed by atoms with Crippen molar-refractivity contribution in [2.24, 2.45) is 0 Å². The van der Waals surface area contributed by atoms with Gasteiger partial charge in [-0.3, -0.25) is 13.8 Å². The van der Waals surface area contributed by atoms with Crippen LogP contribution in [0, 0.1) is 0 Å². The lowest BCUT2D eigenvalue weighted by atomic mass is 10.0. The summed E-state index contributed by atoms with van der Waals surface area (Å²) in [5.41, 5.74) is 0. The van der Waals surface area contributed by atoms with Crippen LogP contribution in [0.5, 0.6) is 0 Å². The zero-order valence-corrected chi connectivity index (χ0v) is 39.9. The van der Waals surface area contributed by atoms with Crippen molar-refractivity contribution in [3.05, 3.63) is 24.3 Å². The first-order chi connectivity index (χ1) is 28.0.